The van der Waals surface area contributed by atoms with Gasteiger partial charge in [-0.15, -0.1) is 0 Å². The van der Waals surface area contributed by atoms with Crippen molar-refractivity contribution in [3.8, 4) is 0 Å². The standard InChI is InChI=1S/C14H20O4/c1-5-18-12(17)10(15)9-8-6-7-14(4,11(9)16)13(8,2)3/h8,15H,5-7H2,1-4H3/b10-9+. The molecule has 0 radical (unpaired) electrons. The number of hydrogen-bond acceptors (Lipinski definition) is 4. The van der Waals surface area contributed by atoms with Crippen molar-refractivity contribution in [1.82, 2.24) is 0 Å². The monoisotopic (exact) mass is 252 g/mol. The van der Waals surface area contributed by atoms with Gasteiger partial charge in [0, 0.05) is 11.0 Å². The summed E-state index contributed by atoms with van der Waals surface area (Å²) in [6, 6.07) is 0. The third kappa shape index (κ3) is 1.38. The molecule has 4 nitrogen and oxygen atoms in total. The first-order valence-corrected chi connectivity index (χ1v) is 6.42. The van der Waals surface area contributed by atoms with Gasteiger partial charge in [0.05, 0.1) is 6.61 Å². The second-order valence-corrected chi connectivity index (χ2v) is 5.96. The molecule has 2 aliphatic rings. The van der Waals surface area contributed by atoms with Gasteiger partial charge in [-0.1, -0.05) is 20.8 Å². The number of carbonyl (C=O) groups excluding carboxylic acids is 2. The van der Waals surface area contributed by atoms with Crippen molar-refractivity contribution in [2.45, 2.75) is 40.5 Å². The van der Waals surface area contributed by atoms with Crippen molar-refractivity contribution >= 4 is 11.8 Å². The number of carbonyl (C=O) groups is 2. The molecule has 0 amide bonds. The van der Waals surface area contributed by atoms with Crippen LogP contribution in [0.25, 0.3) is 0 Å². The van der Waals surface area contributed by atoms with E-state index in [2.05, 4.69) is 0 Å². The van der Waals surface area contributed by atoms with Gasteiger partial charge in [0.2, 0.25) is 5.76 Å². The van der Waals surface area contributed by atoms with Gasteiger partial charge in [-0.25, -0.2) is 4.79 Å². The smallest absolute Gasteiger partial charge is 0.373 e. The topological polar surface area (TPSA) is 63.6 Å². The van der Waals surface area contributed by atoms with Crippen molar-refractivity contribution in [2.75, 3.05) is 6.61 Å². The minimum Gasteiger partial charge on any atom is -0.502 e. The number of aliphatic hydroxyl groups is 1. The lowest BCUT2D eigenvalue weighted by atomic mass is 9.70. The molecule has 2 aliphatic carbocycles. The first-order valence-electron chi connectivity index (χ1n) is 6.42. The van der Waals surface area contributed by atoms with Crippen molar-refractivity contribution in [2.24, 2.45) is 16.7 Å². The maximum absolute atomic E-state index is 12.4. The predicted molar refractivity (Wildman–Crippen MR) is 65.9 cm³/mol. The molecule has 0 aromatic heterocycles. The fourth-order valence-electron chi connectivity index (χ4n) is 3.45. The van der Waals surface area contributed by atoms with Gasteiger partial charge in [-0.3, -0.25) is 4.79 Å². The number of ether oxygens (including phenoxy) is 1. The number of hydrogen-bond donors (Lipinski definition) is 1. The molecular formula is C14H20O4. The number of rotatable bonds is 2. The summed E-state index contributed by atoms with van der Waals surface area (Å²) < 4.78 is 4.77. The third-order valence-electron chi connectivity index (χ3n) is 5.04. The number of ketones is 1. The zero-order valence-electron chi connectivity index (χ0n) is 11.4. The molecular weight excluding hydrogens is 232 g/mol. The molecule has 0 aromatic carbocycles. The Bertz CT molecular complexity index is 447. The Morgan fingerprint density at radius 1 is 1.44 bits per heavy atom. The molecule has 0 aliphatic heterocycles. The highest BCUT2D eigenvalue weighted by atomic mass is 16.5. The summed E-state index contributed by atoms with van der Waals surface area (Å²) in [6.45, 7) is 7.86. The number of aliphatic hydroxyl groups excluding tert-OH is 1. The molecule has 2 saturated carbocycles. The number of esters is 1. The SMILES string of the molecule is CCOC(=O)/C(O)=C1\C(=O)C2(C)CCC1C2(C)C. The van der Waals surface area contributed by atoms with Crippen LogP contribution < -0.4 is 0 Å². The van der Waals surface area contributed by atoms with Gasteiger partial charge in [0.1, 0.15) is 0 Å². The van der Waals surface area contributed by atoms with Crippen LogP contribution in [0, 0.1) is 16.7 Å². The highest BCUT2D eigenvalue weighted by Crippen LogP contribution is 2.65. The summed E-state index contributed by atoms with van der Waals surface area (Å²) in [5.74, 6) is -1.40. The Kier molecular flexibility index (Phi) is 2.80. The van der Waals surface area contributed by atoms with Gasteiger partial charge in [0.15, 0.2) is 5.78 Å². The highest BCUT2D eigenvalue weighted by molar-refractivity contribution is 6.09. The molecule has 2 unspecified atom stereocenters. The van der Waals surface area contributed by atoms with E-state index in [1.54, 1.807) is 6.92 Å². The van der Waals surface area contributed by atoms with Gasteiger partial charge < -0.3 is 9.84 Å². The summed E-state index contributed by atoms with van der Waals surface area (Å²) in [7, 11) is 0. The van der Waals surface area contributed by atoms with Crippen LogP contribution >= 0.6 is 0 Å². The molecule has 0 aromatic rings. The Hall–Kier alpha value is -1.32. The Morgan fingerprint density at radius 3 is 2.50 bits per heavy atom. The van der Waals surface area contributed by atoms with Crippen molar-refractivity contribution < 1.29 is 19.4 Å². The molecule has 2 rings (SSSR count). The van der Waals surface area contributed by atoms with E-state index in [4.69, 9.17) is 4.74 Å². The van der Waals surface area contributed by atoms with Crippen LogP contribution in [-0.2, 0) is 14.3 Å². The van der Waals surface area contributed by atoms with Crippen molar-refractivity contribution in [3.63, 3.8) is 0 Å². The molecule has 0 spiro atoms. The van der Waals surface area contributed by atoms with Crippen LogP contribution in [0.4, 0.5) is 0 Å². The Balaban J connectivity index is 2.47. The molecule has 0 heterocycles. The lowest BCUT2D eigenvalue weighted by molar-refractivity contribution is -0.142. The van der Waals surface area contributed by atoms with E-state index in [1.165, 1.54) is 0 Å². The molecule has 2 atom stereocenters. The van der Waals surface area contributed by atoms with Gasteiger partial charge in [-0.2, -0.15) is 0 Å². The molecule has 2 fully saturated rings. The van der Waals surface area contributed by atoms with Crippen LogP contribution in [0.1, 0.15) is 40.5 Å². The van der Waals surface area contributed by atoms with Gasteiger partial charge in [-0.05, 0) is 31.1 Å². The van der Waals surface area contributed by atoms with E-state index in [1.807, 2.05) is 20.8 Å². The fourth-order valence-corrected chi connectivity index (χ4v) is 3.45. The lowest BCUT2D eigenvalue weighted by Crippen LogP contribution is -2.32. The largest absolute Gasteiger partial charge is 0.502 e. The Morgan fingerprint density at radius 2 is 2.06 bits per heavy atom. The molecule has 2 bridgehead atoms. The van der Waals surface area contributed by atoms with Crippen molar-refractivity contribution in [1.29, 1.82) is 0 Å². The van der Waals surface area contributed by atoms with E-state index in [0.29, 0.717) is 0 Å². The summed E-state index contributed by atoms with van der Waals surface area (Å²) >= 11 is 0. The lowest BCUT2D eigenvalue weighted by Gasteiger charge is -2.31. The van der Waals surface area contributed by atoms with E-state index in [0.717, 1.165) is 12.8 Å². The maximum atomic E-state index is 12.4. The van der Waals surface area contributed by atoms with E-state index < -0.39 is 17.1 Å². The van der Waals surface area contributed by atoms with Gasteiger partial charge in [0.25, 0.3) is 0 Å². The first-order chi connectivity index (χ1) is 8.27. The molecule has 18 heavy (non-hydrogen) atoms. The summed E-state index contributed by atoms with van der Waals surface area (Å²) in [4.78, 5) is 24.0. The molecule has 4 heteroatoms. The van der Waals surface area contributed by atoms with Crippen LogP contribution in [0.2, 0.25) is 0 Å². The second-order valence-electron chi connectivity index (χ2n) is 5.96. The molecule has 1 N–H and O–H groups in total. The third-order valence-corrected chi connectivity index (χ3v) is 5.04. The molecule has 0 saturated heterocycles. The number of fused-ring (bicyclic) bond motifs is 2. The van der Waals surface area contributed by atoms with Crippen molar-refractivity contribution in [3.05, 3.63) is 11.3 Å². The Labute approximate surface area is 107 Å². The normalized spacial score (nSPS) is 35.8. The fraction of sp³-hybridized carbons (Fsp3) is 0.714. The van der Waals surface area contributed by atoms with E-state index >= 15 is 0 Å². The second kappa shape index (κ2) is 3.84. The maximum Gasteiger partial charge on any atom is 0.373 e. The predicted octanol–water partition coefficient (Wildman–Crippen LogP) is 2.39. The van der Waals surface area contributed by atoms with Crippen LogP contribution in [0.15, 0.2) is 11.3 Å². The van der Waals surface area contributed by atoms with Crippen LogP contribution in [-0.4, -0.2) is 23.5 Å². The summed E-state index contributed by atoms with van der Waals surface area (Å²) in [6.07, 6.45) is 1.66. The minimum atomic E-state index is -0.784. The minimum absolute atomic E-state index is 0.0422. The summed E-state index contributed by atoms with van der Waals surface area (Å²) in [5.41, 5.74) is -0.389. The summed E-state index contributed by atoms with van der Waals surface area (Å²) in [5, 5.41) is 9.97. The average Bonchev–Trinajstić information content (AvgIpc) is 2.60. The number of allylic oxidation sites excluding steroid dienone is 1. The first kappa shape index (κ1) is 13.1. The number of Topliss-reactive ketones (excluding diaryl/α,β-unsaturated/α-hetero) is 1. The zero-order valence-corrected chi connectivity index (χ0v) is 11.4. The quantitative estimate of drug-likeness (QED) is 0.465. The van der Waals surface area contributed by atoms with Crippen LogP contribution in [0.5, 0.6) is 0 Å². The molecule has 100 valence electrons. The van der Waals surface area contributed by atoms with E-state index in [-0.39, 0.29) is 29.3 Å². The van der Waals surface area contributed by atoms with Gasteiger partial charge >= 0.3 is 5.97 Å². The highest BCUT2D eigenvalue weighted by Gasteiger charge is 2.65. The zero-order chi connectivity index (χ0) is 13.7. The van der Waals surface area contributed by atoms with Crippen LogP contribution in [0.3, 0.4) is 0 Å². The average molecular weight is 252 g/mol. The van der Waals surface area contributed by atoms with E-state index in [9.17, 15) is 14.7 Å².